The highest BCUT2D eigenvalue weighted by Gasteiger charge is 2.36. The SMILES string of the molecule is CC(C)CS(=O)(=O)Nc1ccc(C2OCC(=O)N(CCN)C2CO)cc1. The molecule has 1 heterocycles. The van der Waals surface area contributed by atoms with E-state index < -0.39 is 22.2 Å². The molecule has 0 aromatic heterocycles. The van der Waals surface area contributed by atoms with Crippen LogP contribution in [0.25, 0.3) is 0 Å². The molecule has 1 fully saturated rings. The molecule has 0 saturated carbocycles. The molecular weight excluding hydrogens is 358 g/mol. The van der Waals surface area contributed by atoms with Crippen LogP contribution in [0, 0.1) is 5.92 Å². The van der Waals surface area contributed by atoms with Gasteiger partial charge in [-0.25, -0.2) is 8.42 Å². The van der Waals surface area contributed by atoms with Crippen molar-refractivity contribution in [1.82, 2.24) is 4.90 Å². The summed E-state index contributed by atoms with van der Waals surface area (Å²) in [5, 5.41) is 9.72. The van der Waals surface area contributed by atoms with Gasteiger partial charge in [0.2, 0.25) is 15.9 Å². The van der Waals surface area contributed by atoms with Crippen molar-refractivity contribution in [3.63, 3.8) is 0 Å². The highest BCUT2D eigenvalue weighted by atomic mass is 32.2. The maximum Gasteiger partial charge on any atom is 0.249 e. The zero-order valence-corrected chi connectivity index (χ0v) is 15.9. The molecule has 8 nitrogen and oxygen atoms in total. The molecule has 1 amide bonds. The van der Waals surface area contributed by atoms with Crippen LogP contribution in [0.1, 0.15) is 25.5 Å². The molecule has 1 saturated heterocycles. The molecule has 0 spiro atoms. The summed E-state index contributed by atoms with van der Waals surface area (Å²) < 4.78 is 32.2. The molecule has 1 aromatic rings. The maximum absolute atomic E-state index is 12.0. The molecule has 1 aliphatic rings. The second-order valence-electron chi connectivity index (χ2n) is 6.76. The Morgan fingerprint density at radius 3 is 2.54 bits per heavy atom. The number of carbonyl (C=O) groups is 1. The average molecular weight is 385 g/mol. The van der Waals surface area contributed by atoms with Gasteiger partial charge < -0.3 is 20.5 Å². The molecular formula is C17H27N3O5S. The molecule has 146 valence electrons. The molecule has 2 unspecified atom stereocenters. The Morgan fingerprint density at radius 1 is 1.35 bits per heavy atom. The van der Waals surface area contributed by atoms with E-state index in [0.29, 0.717) is 18.8 Å². The lowest BCUT2D eigenvalue weighted by Gasteiger charge is -2.40. The summed E-state index contributed by atoms with van der Waals surface area (Å²) in [6.45, 7) is 3.99. The summed E-state index contributed by atoms with van der Waals surface area (Å²) >= 11 is 0. The average Bonchev–Trinajstić information content (AvgIpc) is 2.56. The van der Waals surface area contributed by atoms with E-state index in [1.54, 1.807) is 24.3 Å². The number of nitrogens with zero attached hydrogens (tertiary/aromatic N) is 1. The van der Waals surface area contributed by atoms with Crippen molar-refractivity contribution in [2.24, 2.45) is 11.7 Å². The predicted molar refractivity (Wildman–Crippen MR) is 99.0 cm³/mol. The number of ether oxygens (including phenoxy) is 1. The number of benzene rings is 1. The van der Waals surface area contributed by atoms with Crippen LogP contribution in [0.2, 0.25) is 0 Å². The lowest BCUT2D eigenvalue weighted by molar-refractivity contribution is -0.160. The van der Waals surface area contributed by atoms with Crippen LogP contribution in [0.3, 0.4) is 0 Å². The van der Waals surface area contributed by atoms with Gasteiger partial charge >= 0.3 is 0 Å². The van der Waals surface area contributed by atoms with Crippen molar-refractivity contribution in [1.29, 1.82) is 0 Å². The molecule has 1 aliphatic heterocycles. The molecule has 0 radical (unpaired) electrons. The van der Waals surface area contributed by atoms with E-state index in [1.165, 1.54) is 4.90 Å². The molecule has 0 bridgehead atoms. The second kappa shape index (κ2) is 8.81. The van der Waals surface area contributed by atoms with Crippen LogP contribution in [-0.4, -0.2) is 62.4 Å². The number of hydrogen-bond donors (Lipinski definition) is 3. The molecule has 1 aromatic carbocycles. The fraction of sp³-hybridized carbons (Fsp3) is 0.588. The number of hydrogen-bond acceptors (Lipinski definition) is 6. The highest BCUT2D eigenvalue weighted by Crippen LogP contribution is 2.29. The molecule has 2 atom stereocenters. The fourth-order valence-corrected chi connectivity index (χ4v) is 4.50. The van der Waals surface area contributed by atoms with Crippen LogP contribution in [0.15, 0.2) is 24.3 Å². The van der Waals surface area contributed by atoms with Crippen molar-refractivity contribution >= 4 is 21.6 Å². The number of morpholine rings is 1. The summed E-state index contributed by atoms with van der Waals surface area (Å²) in [5.41, 5.74) is 6.77. The fourth-order valence-electron chi connectivity index (χ4n) is 3.05. The van der Waals surface area contributed by atoms with Crippen molar-refractivity contribution in [3.05, 3.63) is 29.8 Å². The minimum atomic E-state index is -3.40. The second-order valence-corrected chi connectivity index (χ2v) is 8.52. The number of sulfonamides is 1. The summed E-state index contributed by atoms with van der Waals surface area (Å²) in [6, 6.07) is 6.24. The minimum Gasteiger partial charge on any atom is -0.394 e. The topological polar surface area (TPSA) is 122 Å². The third-order valence-corrected chi connectivity index (χ3v) is 5.73. The number of nitrogens with two attached hydrogens (primary N) is 1. The van der Waals surface area contributed by atoms with Crippen molar-refractivity contribution < 1.29 is 23.1 Å². The Morgan fingerprint density at radius 2 is 2.00 bits per heavy atom. The van der Waals surface area contributed by atoms with E-state index in [4.69, 9.17) is 10.5 Å². The number of aliphatic hydroxyl groups is 1. The monoisotopic (exact) mass is 385 g/mol. The largest absolute Gasteiger partial charge is 0.394 e. The number of nitrogens with one attached hydrogen (secondary N) is 1. The highest BCUT2D eigenvalue weighted by molar-refractivity contribution is 7.92. The van der Waals surface area contributed by atoms with Gasteiger partial charge in [-0.3, -0.25) is 9.52 Å². The first-order chi connectivity index (χ1) is 12.3. The maximum atomic E-state index is 12.0. The van der Waals surface area contributed by atoms with Gasteiger partial charge in [0.25, 0.3) is 0 Å². The third-order valence-electron chi connectivity index (χ3n) is 4.08. The lowest BCUT2D eigenvalue weighted by Crippen LogP contribution is -2.54. The summed E-state index contributed by atoms with van der Waals surface area (Å²) in [6.07, 6.45) is -0.495. The standard InChI is InChI=1S/C17H27N3O5S/c1-12(2)11-26(23,24)19-14-5-3-13(4-6-14)17-15(9-21)20(8-7-18)16(22)10-25-17/h3-6,12,15,17,19,21H,7-11,18H2,1-2H3. The number of anilines is 1. The Kier molecular flexibility index (Phi) is 6.99. The third kappa shape index (κ3) is 5.16. The van der Waals surface area contributed by atoms with Gasteiger partial charge in [0.05, 0.1) is 18.4 Å². The normalized spacial score (nSPS) is 21.3. The van der Waals surface area contributed by atoms with Crippen LogP contribution in [0.4, 0.5) is 5.69 Å². The van der Waals surface area contributed by atoms with Gasteiger partial charge in [-0.05, 0) is 23.6 Å². The Labute approximate surface area is 154 Å². The smallest absolute Gasteiger partial charge is 0.249 e. The molecule has 4 N–H and O–H groups in total. The molecule has 0 aliphatic carbocycles. The van der Waals surface area contributed by atoms with Gasteiger partial charge in [-0.15, -0.1) is 0 Å². The number of aliphatic hydroxyl groups excluding tert-OH is 1. The zero-order valence-electron chi connectivity index (χ0n) is 15.1. The molecule has 2 rings (SSSR count). The first-order valence-corrected chi connectivity index (χ1v) is 10.2. The van der Waals surface area contributed by atoms with Gasteiger partial charge in [0.15, 0.2) is 0 Å². The minimum absolute atomic E-state index is 0.0267. The van der Waals surface area contributed by atoms with Crippen molar-refractivity contribution in [3.8, 4) is 0 Å². The van der Waals surface area contributed by atoms with Gasteiger partial charge in [0.1, 0.15) is 12.7 Å². The lowest BCUT2D eigenvalue weighted by atomic mass is 9.99. The van der Waals surface area contributed by atoms with E-state index in [1.807, 2.05) is 13.8 Å². The van der Waals surface area contributed by atoms with E-state index in [-0.39, 0.29) is 30.8 Å². The Hall–Kier alpha value is -1.68. The van der Waals surface area contributed by atoms with E-state index in [2.05, 4.69) is 4.72 Å². The first-order valence-electron chi connectivity index (χ1n) is 8.60. The summed E-state index contributed by atoms with van der Waals surface area (Å²) in [5.74, 6) is -0.133. The number of carbonyl (C=O) groups excluding carboxylic acids is 1. The Balaban J connectivity index is 2.15. The van der Waals surface area contributed by atoms with E-state index >= 15 is 0 Å². The van der Waals surface area contributed by atoms with E-state index in [0.717, 1.165) is 5.56 Å². The summed E-state index contributed by atoms with van der Waals surface area (Å²) in [4.78, 5) is 13.5. The number of amides is 1. The van der Waals surface area contributed by atoms with Crippen LogP contribution < -0.4 is 10.5 Å². The van der Waals surface area contributed by atoms with Gasteiger partial charge in [-0.2, -0.15) is 0 Å². The van der Waals surface area contributed by atoms with Gasteiger partial charge in [-0.1, -0.05) is 26.0 Å². The van der Waals surface area contributed by atoms with Crippen molar-refractivity contribution in [2.45, 2.75) is 26.0 Å². The summed E-state index contributed by atoms with van der Waals surface area (Å²) in [7, 11) is -3.40. The van der Waals surface area contributed by atoms with E-state index in [9.17, 15) is 18.3 Å². The van der Waals surface area contributed by atoms with Gasteiger partial charge in [0, 0.05) is 18.8 Å². The Bertz CT molecular complexity index is 706. The predicted octanol–water partition coefficient (Wildman–Crippen LogP) is 0.304. The zero-order chi connectivity index (χ0) is 19.3. The molecule has 26 heavy (non-hydrogen) atoms. The number of rotatable bonds is 8. The first kappa shape index (κ1) is 20.6. The van der Waals surface area contributed by atoms with Crippen molar-refractivity contribution in [2.75, 3.05) is 36.8 Å². The van der Waals surface area contributed by atoms with Crippen LogP contribution in [-0.2, 0) is 19.6 Å². The van der Waals surface area contributed by atoms with Crippen LogP contribution >= 0.6 is 0 Å². The molecule has 9 heteroatoms. The quantitative estimate of drug-likeness (QED) is 0.592. The van der Waals surface area contributed by atoms with Crippen LogP contribution in [0.5, 0.6) is 0 Å².